The van der Waals surface area contributed by atoms with Crippen molar-refractivity contribution in [1.82, 2.24) is 10.0 Å². The summed E-state index contributed by atoms with van der Waals surface area (Å²) in [4.78, 5) is 0.276. The fourth-order valence-electron chi connectivity index (χ4n) is 2.64. The Hall–Kier alpha value is -0.950. The van der Waals surface area contributed by atoms with Crippen LogP contribution in [0, 0.1) is 0 Å². The van der Waals surface area contributed by atoms with E-state index >= 15 is 0 Å². The highest BCUT2D eigenvalue weighted by atomic mass is 32.2. The molecule has 20 heavy (non-hydrogen) atoms. The van der Waals surface area contributed by atoms with Gasteiger partial charge in [-0.1, -0.05) is 31.0 Å². The third-order valence-corrected chi connectivity index (χ3v) is 5.31. The smallest absolute Gasteiger partial charge is 0.240 e. The minimum Gasteiger partial charge on any atom is -0.394 e. The molecule has 0 spiro atoms. The standard InChI is InChI=1S/C14H22N2O3S/c17-12-14(8-4-5-9-14)15-10-11-16-20(18,19)13-6-2-1-3-7-13/h1-3,6-7,15-17H,4-5,8-12H2. The van der Waals surface area contributed by atoms with Crippen molar-refractivity contribution in [3.63, 3.8) is 0 Å². The first kappa shape index (κ1) is 15.4. The Morgan fingerprint density at radius 2 is 1.75 bits per heavy atom. The van der Waals surface area contributed by atoms with Crippen LogP contribution in [-0.2, 0) is 10.0 Å². The first-order valence-corrected chi connectivity index (χ1v) is 8.47. The van der Waals surface area contributed by atoms with Gasteiger partial charge in [0.15, 0.2) is 0 Å². The molecule has 2 rings (SSSR count). The maximum atomic E-state index is 12.0. The minimum atomic E-state index is -3.44. The number of nitrogens with one attached hydrogen (secondary N) is 2. The Balaban J connectivity index is 1.81. The predicted octanol–water partition coefficient (Wildman–Crippen LogP) is 0.860. The van der Waals surface area contributed by atoms with Crippen LogP contribution in [0.5, 0.6) is 0 Å². The number of hydrogen-bond donors (Lipinski definition) is 3. The molecule has 1 aromatic rings. The summed E-state index contributed by atoms with van der Waals surface area (Å²) in [5, 5.41) is 12.7. The largest absolute Gasteiger partial charge is 0.394 e. The van der Waals surface area contributed by atoms with E-state index in [9.17, 15) is 13.5 Å². The molecule has 0 atom stereocenters. The average Bonchev–Trinajstić information content (AvgIpc) is 2.94. The predicted molar refractivity (Wildman–Crippen MR) is 77.9 cm³/mol. The highest BCUT2D eigenvalue weighted by Crippen LogP contribution is 2.28. The van der Waals surface area contributed by atoms with E-state index in [0.29, 0.717) is 13.1 Å². The fraction of sp³-hybridized carbons (Fsp3) is 0.571. The fourth-order valence-corrected chi connectivity index (χ4v) is 3.69. The molecule has 0 aliphatic heterocycles. The van der Waals surface area contributed by atoms with E-state index in [0.717, 1.165) is 25.7 Å². The van der Waals surface area contributed by atoms with E-state index in [4.69, 9.17) is 0 Å². The highest BCUT2D eigenvalue weighted by molar-refractivity contribution is 7.89. The lowest BCUT2D eigenvalue weighted by Gasteiger charge is -2.28. The summed E-state index contributed by atoms with van der Waals surface area (Å²) in [6.07, 6.45) is 4.14. The third-order valence-electron chi connectivity index (χ3n) is 3.83. The van der Waals surface area contributed by atoms with E-state index in [1.165, 1.54) is 0 Å². The molecule has 112 valence electrons. The second kappa shape index (κ2) is 6.67. The van der Waals surface area contributed by atoms with Crippen molar-refractivity contribution < 1.29 is 13.5 Å². The Kier molecular flexibility index (Phi) is 5.15. The molecule has 6 heteroatoms. The summed E-state index contributed by atoms with van der Waals surface area (Å²) < 4.78 is 26.5. The zero-order valence-electron chi connectivity index (χ0n) is 11.5. The van der Waals surface area contributed by atoms with Gasteiger partial charge in [0.05, 0.1) is 11.5 Å². The van der Waals surface area contributed by atoms with Gasteiger partial charge in [-0.25, -0.2) is 13.1 Å². The van der Waals surface area contributed by atoms with Crippen LogP contribution in [0.2, 0.25) is 0 Å². The molecule has 0 amide bonds. The van der Waals surface area contributed by atoms with Gasteiger partial charge >= 0.3 is 0 Å². The Morgan fingerprint density at radius 1 is 1.10 bits per heavy atom. The second-order valence-electron chi connectivity index (χ2n) is 5.28. The van der Waals surface area contributed by atoms with Gasteiger partial charge in [-0.05, 0) is 25.0 Å². The van der Waals surface area contributed by atoms with Crippen molar-refractivity contribution in [2.45, 2.75) is 36.1 Å². The molecule has 5 nitrogen and oxygen atoms in total. The minimum absolute atomic E-state index is 0.110. The molecule has 1 saturated carbocycles. The number of hydrogen-bond acceptors (Lipinski definition) is 4. The molecule has 3 N–H and O–H groups in total. The molecule has 0 unspecified atom stereocenters. The van der Waals surface area contributed by atoms with Crippen molar-refractivity contribution in [3.8, 4) is 0 Å². The van der Waals surface area contributed by atoms with Gasteiger partial charge in [0.1, 0.15) is 0 Å². The van der Waals surface area contributed by atoms with Crippen molar-refractivity contribution in [2.24, 2.45) is 0 Å². The van der Waals surface area contributed by atoms with Crippen molar-refractivity contribution in [2.75, 3.05) is 19.7 Å². The molecular weight excluding hydrogens is 276 g/mol. The lowest BCUT2D eigenvalue weighted by molar-refractivity contribution is 0.165. The van der Waals surface area contributed by atoms with E-state index < -0.39 is 10.0 Å². The molecule has 0 heterocycles. The third kappa shape index (κ3) is 3.79. The lowest BCUT2D eigenvalue weighted by Crippen LogP contribution is -2.48. The van der Waals surface area contributed by atoms with Crippen LogP contribution < -0.4 is 10.0 Å². The molecule has 0 bridgehead atoms. The monoisotopic (exact) mass is 298 g/mol. The second-order valence-corrected chi connectivity index (χ2v) is 7.05. The summed E-state index contributed by atoms with van der Waals surface area (Å²) in [6.45, 7) is 0.948. The van der Waals surface area contributed by atoms with Crippen LogP contribution in [0.25, 0.3) is 0 Å². The molecule has 1 aromatic carbocycles. The van der Waals surface area contributed by atoms with E-state index in [2.05, 4.69) is 10.0 Å². The number of aliphatic hydroxyl groups is 1. The van der Waals surface area contributed by atoms with Crippen LogP contribution in [-0.4, -0.2) is 38.8 Å². The van der Waals surface area contributed by atoms with Gasteiger partial charge in [0.2, 0.25) is 10.0 Å². The van der Waals surface area contributed by atoms with Crippen LogP contribution in [0.4, 0.5) is 0 Å². The van der Waals surface area contributed by atoms with Gasteiger partial charge in [-0.2, -0.15) is 0 Å². The Labute approximate surface area is 120 Å². The van der Waals surface area contributed by atoms with E-state index in [1.54, 1.807) is 30.3 Å². The van der Waals surface area contributed by atoms with Crippen molar-refractivity contribution in [1.29, 1.82) is 0 Å². The summed E-state index contributed by atoms with van der Waals surface area (Å²) >= 11 is 0. The zero-order valence-corrected chi connectivity index (χ0v) is 12.3. The molecule has 1 aliphatic rings. The average molecular weight is 298 g/mol. The Morgan fingerprint density at radius 3 is 2.35 bits per heavy atom. The van der Waals surface area contributed by atoms with Crippen LogP contribution in [0.15, 0.2) is 35.2 Å². The highest BCUT2D eigenvalue weighted by Gasteiger charge is 2.32. The van der Waals surface area contributed by atoms with Gasteiger partial charge < -0.3 is 10.4 Å². The van der Waals surface area contributed by atoms with Crippen LogP contribution in [0.1, 0.15) is 25.7 Å². The maximum Gasteiger partial charge on any atom is 0.240 e. The van der Waals surface area contributed by atoms with Gasteiger partial charge in [-0.15, -0.1) is 0 Å². The molecule has 1 fully saturated rings. The van der Waals surface area contributed by atoms with Crippen LogP contribution in [0.3, 0.4) is 0 Å². The van der Waals surface area contributed by atoms with Crippen LogP contribution >= 0.6 is 0 Å². The van der Waals surface area contributed by atoms with E-state index in [1.807, 2.05) is 0 Å². The van der Waals surface area contributed by atoms with Crippen molar-refractivity contribution >= 4 is 10.0 Å². The van der Waals surface area contributed by atoms with Crippen molar-refractivity contribution in [3.05, 3.63) is 30.3 Å². The van der Waals surface area contributed by atoms with Gasteiger partial charge in [0.25, 0.3) is 0 Å². The molecule has 1 aliphatic carbocycles. The first-order chi connectivity index (χ1) is 9.58. The first-order valence-electron chi connectivity index (χ1n) is 6.99. The Bertz CT molecular complexity index is 510. The van der Waals surface area contributed by atoms with E-state index in [-0.39, 0.29) is 17.0 Å². The lowest BCUT2D eigenvalue weighted by atomic mass is 9.99. The molecule has 0 aromatic heterocycles. The summed E-state index contributed by atoms with van der Waals surface area (Å²) in [5.41, 5.74) is -0.210. The van der Waals surface area contributed by atoms with Gasteiger partial charge in [0, 0.05) is 18.6 Å². The number of sulfonamides is 1. The quantitative estimate of drug-likeness (QED) is 0.652. The summed E-state index contributed by atoms with van der Waals surface area (Å²) in [7, 11) is -3.44. The zero-order chi connectivity index (χ0) is 14.5. The molecule has 0 radical (unpaired) electrons. The molecule has 0 saturated heterocycles. The number of rotatable bonds is 7. The maximum absolute atomic E-state index is 12.0. The summed E-state index contributed by atoms with van der Waals surface area (Å²) in [6, 6.07) is 8.33. The normalized spacial score (nSPS) is 18.2. The summed E-state index contributed by atoms with van der Waals surface area (Å²) in [5.74, 6) is 0. The number of benzene rings is 1. The molecular formula is C14H22N2O3S. The number of aliphatic hydroxyl groups excluding tert-OH is 1. The SMILES string of the molecule is O=S(=O)(NCCNC1(CO)CCCC1)c1ccccc1. The topological polar surface area (TPSA) is 78.4 Å². The van der Waals surface area contributed by atoms with Gasteiger partial charge in [-0.3, -0.25) is 0 Å².